The minimum atomic E-state index is -4.80. The molecular formula is C3H4Na2O7S2. The Labute approximate surface area is 126 Å². The number of hydrogen-bond donors (Lipinski definition) is 0. The number of rotatable bonds is 4. The summed E-state index contributed by atoms with van der Waals surface area (Å²) in [5, 5.41) is 0. The molecule has 0 aliphatic heterocycles. The maximum absolute atomic E-state index is 10.3. The van der Waals surface area contributed by atoms with E-state index in [1.165, 1.54) is 0 Å². The molecule has 0 heterocycles. The Morgan fingerprint density at radius 2 is 1.07 bits per heavy atom. The third-order valence-electron chi connectivity index (χ3n) is 0.676. The SMILES string of the molecule is O=C(CS(=O)(=O)[O-])CS(=O)(=O)[O-].[Na+].[Na+]. The van der Waals surface area contributed by atoms with Crippen LogP contribution < -0.4 is 59.1 Å². The van der Waals surface area contributed by atoms with Crippen LogP contribution in [0.5, 0.6) is 0 Å². The van der Waals surface area contributed by atoms with Crippen molar-refractivity contribution >= 4 is 26.0 Å². The number of ketones is 1. The van der Waals surface area contributed by atoms with Gasteiger partial charge in [-0.1, -0.05) is 0 Å². The van der Waals surface area contributed by atoms with Crippen LogP contribution >= 0.6 is 0 Å². The fourth-order valence-corrected chi connectivity index (χ4v) is 1.56. The van der Waals surface area contributed by atoms with Gasteiger partial charge in [-0.05, 0) is 0 Å². The summed E-state index contributed by atoms with van der Waals surface area (Å²) in [5.41, 5.74) is 0. The molecule has 0 saturated carbocycles. The van der Waals surface area contributed by atoms with Crippen LogP contribution in [0.2, 0.25) is 0 Å². The van der Waals surface area contributed by atoms with Crippen LogP contribution in [0, 0.1) is 0 Å². The third kappa shape index (κ3) is 15.9. The summed E-state index contributed by atoms with van der Waals surface area (Å²) in [4.78, 5) is 10.3. The van der Waals surface area contributed by atoms with Crippen molar-refractivity contribution in [2.24, 2.45) is 0 Å². The van der Waals surface area contributed by atoms with Crippen molar-refractivity contribution in [3.63, 3.8) is 0 Å². The Hall–Kier alpha value is 1.49. The van der Waals surface area contributed by atoms with E-state index < -0.39 is 37.5 Å². The van der Waals surface area contributed by atoms with E-state index in [9.17, 15) is 30.7 Å². The Kier molecular flexibility index (Phi) is 11.5. The smallest absolute Gasteiger partial charge is 0.748 e. The molecule has 0 unspecified atom stereocenters. The van der Waals surface area contributed by atoms with E-state index in [-0.39, 0.29) is 59.1 Å². The normalized spacial score (nSPS) is 11.0. The zero-order valence-corrected chi connectivity index (χ0v) is 13.2. The maximum atomic E-state index is 10.3. The molecule has 0 bridgehead atoms. The molecule has 0 fully saturated rings. The second-order valence-electron chi connectivity index (χ2n) is 1.94. The molecule has 14 heavy (non-hydrogen) atoms. The van der Waals surface area contributed by atoms with Gasteiger partial charge in [0.2, 0.25) is 0 Å². The first-order valence-corrected chi connectivity index (χ1v) is 5.64. The summed E-state index contributed by atoms with van der Waals surface area (Å²) in [5.74, 6) is -4.34. The predicted octanol–water partition coefficient (Wildman–Crippen LogP) is -8.35. The van der Waals surface area contributed by atoms with Crippen LogP contribution in [0.1, 0.15) is 0 Å². The van der Waals surface area contributed by atoms with Gasteiger partial charge in [0.1, 0.15) is 20.2 Å². The summed E-state index contributed by atoms with van der Waals surface area (Å²) in [7, 11) is -9.60. The number of Topliss-reactive ketones (excluding diaryl/α,β-unsaturated/α-hetero) is 1. The molecule has 0 radical (unpaired) electrons. The molecular weight excluding hydrogens is 258 g/mol. The van der Waals surface area contributed by atoms with Gasteiger partial charge in [0.05, 0.1) is 11.5 Å². The number of carbonyl (C=O) groups excluding carboxylic acids is 1. The summed E-state index contributed by atoms with van der Waals surface area (Å²) < 4.78 is 59.1. The zero-order chi connectivity index (χ0) is 9.99. The van der Waals surface area contributed by atoms with Gasteiger partial charge in [0.25, 0.3) is 0 Å². The molecule has 0 aliphatic carbocycles. The molecule has 0 aromatic carbocycles. The van der Waals surface area contributed by atoms with Crippen LogP contribution in [0.4, 0.5) is 0 Å². The first-order chi connectivity index (χ1) is 5.10. The minimum Gasteiger partial charge on any atom is -0.748 e. The van der Waals surface area contributed by atoms with Gasteiger partial charge in [0.15, 0.2) is 5.78 Å². The molecule has 11 heteroatoms. The molecule has 0 atom stereocenters. The van der Waals surface area contributed by atoms with Crippen LogP contribution in [-0.2, 0) is 25.0 Å². The molecule has 0 saturated heterocycles. The van der Waals surface area contributed by atoms with Gasteiger partial charge in [-0.2, -0.15) is 0 Å². The van der Waals surface area contributed by atoms with Gasteiger partial charge in [0, 0.05) is 0 Å². The topological polar surface area (TPSA) is 131 Å². The Bertz CT molecular complexity index is 332. The molecule has 0 aromatic heterocycles. The van der Waals surface area contributed by atoms with Crippen LogP contribution in [0.3, 0.4) is 0 Å². The quantitative estimate of drug-likeness (QED) is 0.363. The van der Waals surface area contributed by atoms with E-state index in [0.29, 0.717) is 0 Å². The largest absolute Gasteiger partial charge is 1.00 e. The second-order valence-corrected chi connectivity index (χ2v) is 4.75. The van der Waals surface area contributed by atoms with Gasteiger partial charge in [-0.15, -0.1) is 0 Å². The minimum absolute atomic E-state index is 0. The fourth-order valence-electron chi connectivity index (χ4n) is 0.436. The first-order valence-electron chi connectivity index (χ1n) is 2.49. The summed E-state index contributed by atoms with van der Waals surface area (Å²) in [6.45, 7) is 0. The number of carbonyl (C=O) groups is 1. The van der Waals surface area contributed by atoms with E-state index in [2.05, 4.69) is 0 Å². The molecule has 0 rings (SSSR count). The average Bonchev–Trinajstić information content (AvgIpc) is 1.49. The van der Waals surface area contributed by atoms with Crippen LogP contribution in [0.15, 0.2) is 0 Å². The molecule has 0 aliphatic rings. The molecule has 0 aromatic rings. The Morgan fingerprint density at radius 1 is 0.857 bits per heavy atom. The van der Waals surface area contributed by atoms with Crippen molar-refractivity contribution in [1.82, 2.24) is 0 Å². The van der Waals surface area contributed by atoms with Crippen molar-refractivity contribution < 1.29 is 89.9 Å². The van der Waals surface area contributed by atoms with E-state index in [1.807, 2.05) is 0 Å². The second kappa shape index (κ2) is 7.71. The predicted molar refractivity (Wildman–Crippen MR) is 34.1 cm³/mol. The van der Waals surface area contributed by atoms with Crippen molar-refractivity contribution in [3.8, 4) is 0 Å². The first kappa shape index (κ1) is 20.8. The zero-order valence-electron chi connectivity index (χ0n) is 7.59. The van der Waals surface area contributed by atoms with Crippen molar-refractivity contribution in [2.45, 2.75) is 0 Å². The van der Waals surface area contributed by atoms with Gasteiger partial charge >= 0.3 is 59.1 Å². The molecule has 0 N–H and O–H groups in total. The summed E-state index contributed by atoms with van der Waals surface area (Å²) in [6.07, 6.45) is 0. The maximum Gasteiger partial charge on any atom is 1.00 e. The Morgan fingerprint density at radius 3 is 1.21 bits per heavy atom. The monoisotopic (exact) mass is 262 g/mol. The molecule has 0 spiro atoms. The molecule has 7 nitrogen and oxygen atoms in total. The van der Waals surface area contributed by atoms with Crippen molar-refractivity contribution in [1.29, 1.82) is 0 Å². The van der Waals surface area contributed by atoms with Crippen LogP contribution in [0.25, 0.3) is 0 Å². The van der Waals surface area contributed by atoms with E-state index in [4.69, 9.17) is 0 Å². The number of hydrogen-bond acceptors (Lipinski definition) is 7. The van der Waals surface area contributed by atoms with E-state index in [1.54, 1.807) is 0 Å². The van der Waals surface area contributed by atoms with Crippen LogP contribution in [-0.4, -0.2) is 43.2 Å². The standard InChI is InChI=1S/C3H6O7S2.2Na/c4-3(1-11(5,6)7)2-12(8,9)10;;/h1-2H2,(H,5,6,7)(H,8,9,10);;/q;2*+1/p-2. The summed E-state index contributed by atoms with van der Waals surface area (Å²) in [6, 6.07) is 0. The van der Waals surface area contributed by atoms with E-state index >= 15 is 0 Å². The molecule has 72 valence electrons. The molecule has 0 amide bonds. The Balaban J connectivity index is -0.000000605. The van der Waals surface area contributed by atoms with E-state index in [0.717, 1.165) is 0 Å². The van der Waals surface area contributed by atoms with Gasteiger partial charge in [-0.3, -0.25) is 4.79 Å². The fraction of sp³-hybridized carbons (Fsp3) is 0.667. The van der Waals surface area contributed by atoms with Crippen molar-refractivity contribution in [2.75, 3.05) is 11.5 Å². The summed E-state index contributed by atoms with van der Waals surface area (Å²) >= 11 is 0. The third-order valence-corrected chi connectivity index (χ3v) is 2.03. The van der Waals surface area contributed by atoms with Gasteiger partial charge in [-0.25, -0.2) is 16.8 Å². The van der Waals surface area contributed by atoms with Gasteiger partial charge < -0.3 is 9.11 Å². The van der Waals surface area contributed by atoms with Crippen molar-refractivity contribution in [3.05, 3.63) is 0 Å². The average molecular weight is 262 g/mol.